The Labute approximate surface area is 114 Å². The SMILES string of the molecule is CC(C(=O)O)c1ccc(CN2CCOCC2C)cc1. The molecular weight excluding hydrogens is 242 g/mol. The fourth-order valence-electron chi connectivity index (χ4n) is 2.29. The Morgan fingerprint density at radius 3 is 2.74 bits per heavy atom. The molecule has 0 aliphatic carbocycles. The number of nitrogens with zero attached hydrogens (tertiary/aromatic N) is 1. The summed E-state index contributed by atoms with van der Waals surface area (Å²) in [5.74, 6) is -1.23. The van der Waals surface area contributed by atoms with Gasteiger partial charge in [-0.2, -0.15) is 0 Å². The zero-order valence-electron chi connectivity index (χ0n) is 11.5. The number of rotatable bonds is 4. The zero-order valence-corrected chi connectivity index (χ0v) is 11.5. The van der Waals surface area contributed by atoms with Gasteiger partial charge in [-0.1, -0.05) is 24.3 Å². The van der Waals surface area contributed by atoms with Gasteiger partial charge in [-0.05, 0) is 25.0 Å². The van der Waals surface area contributed by atoms with E-state index in [0.717, 1.165) is 31.9 Å². The molecular formula is C15H21NO3. The average Bonchev–Trinajstić information content (AvgIpc) is 2.41. The van der Waals surface area contributed by atoms with Crippen LogP contribution in [0.3, 0.4) is 0 Å². The lowest BCUT2D eigenvalue weighted by Gasteiger charge is -2.33. The van der Waals surface area contributed by atoms with Crippen molar-refractivity contribution in [3.8, 4) is 0 Å². The topological polar surface area (TPSA) is 49.8 Å². The molecule has 0 radical (unpaired) electrons. The molecule has 1 aliphatic heterocycles. The first-order valence-corrected chi connectivity index (χ1v) is 6.71. The molecule has 1 aromatic rings. The van der Waals surface area contributed by atoms with E-state index in [2.05, 4.69) is 11.8 Å². The van der Waals surface area contributed by atoms with Crippen molar-refractivity contribution in [2.45, 2.75) is 32.4 Å². The van der Waals surface area contributed by atoms with Crippen LogP contribution in [0.15, 0.2) is 24.3 Å². The van der Waals surface area contributed by atoms with Crippen molar-refractivity contribution in [1.82, 2.24) is 4.90 Å². The molecule has 19 heavy (non-hydrogen) atoms. The summed E-state index contributed by atoms with van der Waals surface area (Å²) in [5, 5.41) is 8.98. The van der Waals surface area contributed by atoms with Crippen molar-refractivity contribution >= 4 is 5.97 Å². The average molecular weight is 263 g/mol. The number of carboxylic acids is 1. The standard InChI is InChI=1S/C15H21NO3/c1-11-10-19-8-7-16(11)9-13-3-5-14(6-4-13)12(2)15(17)18/h3-6,11-12H,7-10H2,1-2H3,(H,17,18). The van der Waals surface area contributed by atoms with E-state index >= 15 is 0 Å². The Kier molecular flexibility index (Phi) is 4.56. The molecule has 1 N–H and O–H groups in total. The maximum Gasteiger partial charge on any atom is 0.310 e. The zero-order chi connectivity index (χ0) is 13.8. The van der Waals surface area contributed by atoms with Gasteiger partial charge in [0.25, 0.3) is 0 Å². The lowest BCUT2D eigenvalue weighted by Crippen LogP contribution is -2.42. The first kappa shape index (κ1) is 14.0. The quantitative estimate of drug-likeness (QED) is 0.903. The Hall–Kier alpha value is -1.39. The Morgan fingerprint density at radius 1 is 1.47 bits per heavy atom. The third-order valence-electron chi connectivity index (χ3n) is 3.74. The Morgan fingerprint density at radius 2 is 2.16 bits per heavy atom. The third kappa shape index (κ3) is 3.55. The predicted molar refractivity (Wildman–Crippen MR) is 73.2 cm³/mol. The van der Waals surface area contributed by atoms with Crippen LogP contribution >= 0.6 is 0 Å². The minimum atomic E-state index is -0.783. The summed E-state index contributed by atoms with van der Waals surface area (Å²) in [7, 11) is 0. The summed E-state index contributed by atoms with van der Waals surface area (Å²) in [4.78, 5) is 13.3. The largest absolute Gasteiger partial charge is 0.481 e. The summed E-state index contributed by atoms with van der Waals surface area (Å²) in [6.45, 7) is 7.30. The summed E-state index contributed by atoms with van der Waals surface area (Å²) in [5.41, 5.74) is 2.07. The molecule has 2 unspecified atom stereocenters. The summed E-state index contributed by atoms with van der Waals surface area (Å²) in [6, 6.07) is 8.32. The number of morpholine rings is 1. The molecule has 1 aliphatic rings. The Balaban J connectivity index is 2.00. The van der Waals surface area contributed by atoms with E-state index in [1.807, 2.05) is 24.3 Å². The van der Waals surface area contributed by atoms with Gasteiger partial charge < -0.3 is 9.84 Å². The summed E-state index contributed by atoms with van der Waals surface area (Å²) < 4.78 is 5.42. The highest BCUT2D eigenvalue weighted by molar-refractivity contribution is 5.75. The number of carbonyl (C=O) groups is 1. The molecule has 4 heteroatoms. The minimum absolute atomic E-state index is 0.436. The molecule has 0 amide bonds. The number of benzene rings is 1. The van der Waals surface area contributed by atoms with Crippen LogP contribution in [0.2, 0.25) is 0 Å². The van der Waals surface area contributed by atoms with Crippen molar-refractivity contribution in [2.75, 3.05) is 19.8 Å². The van der Waals surface area contributed by atoms with Crippen molar-refractivity contribution in [3.63, 3.8) is 0 Å². The van der Waals surface area contributed by atoms with Crippen LogP contribution < -0.4 is 0 Å². The van der Waals surface area contributed by atoms with Crippen LogP contribution in [0.1, 0.15) is 30.9 Å². The van der Waals surface area contributed by atoms with Crippen molar-refractivity contribution in [2.24, 2.45) is 0 Å². The number of carboxylic acid groups (broad SMARTS) is 1. The summed E-state index contributed by atoms with van der Waals surface area (Å²) >= 11 is 0. The lowest BCUT2D eigenvalue weighted by atomic mass is 10.00. The van der Waals surface area contributed by atoms with Gasteiger partial charge in [-0.15, -0.1) is 0 Å². The molecule has 104 valence electrons. The number of aliphatic carboxylic acids is 1. The molecule has 1 saturated heterocycles. The van der Waals surface area contributed by atoms with Crippen LogP contribution in [0, 0.1) is 0 Å². The van der Waals surface area contributed by atoms with E-state index in [0.29, 0.717) is 6.04 Å². The van der Waals surface area contributed by atoms with Gasteiger partial charge in [0, 0.05) is 19.1 Å². The fraction of sp³-hybridized carbons (Fsp3) is 0.533. The lowest BCUT2D eigenvalue weighted by molar-refractivity contribution is -0.138. The fourth-order valence-corrected chi connectivity index (χ4v) is 2.29. The third-order valence-corrected chi connectivity index (χ3v) is 3.74. The van der Waals surface area contributed by atoms with Crippen LogP contribution in [-0.4, -0.2) is 41.8 Å². The molecule has 1 heterocycles. The molecule has 1 aromatic carbocycles. The highest BCUT2D eigenvalue weighted by Gasteiger charge is 2.19. The molecule has 2 atom stereocenters. The molecule has 0 spiro atoms. The maximum atomic E-state index is 10.9. The molecule has 0 aromatic heterocycles. The molecule has 1 fully saturated rings. The second kappa shape index (κ2) is 6.17. The normalized spacial score (nSPS) is 22.1. The van der Waals surface area contributed by atoms with Crippen LogP contribution in [-0.2, 0) is 16.1 Å². The van der Waals surface area contributed by atoms with Gasteiger partial charge in [0.2, 0.25) is 0 Å². The second-order valence-corrected chi connectivity index (χ2v) is 5.20. The second-order valence-electron chi connectivity index (χ2n) is 5.20. The van der Waals surface area contributed by atoms with Gasteiger partial charge >= 0.3 is 5.97 Å². The van der Waals surface area contributed by atoms with Crippen molar-refractivity contribution < 1.29 is 14.6 Å². The van der Waals surface area contributed by atoms with Gasteiger partial charge in [0.1, 0.15) is 0 Å². The highest BCUT2D eigenvalue weighted by Crippen LogP contribution is 2.18. The van der Waals surface area contributed by atoms with Gasteiger partial charge in [0.15, 0.2) is 0 Å². The molecule has 4 nitrogen and oxygen atoms in total. The number of hydrogen-bond acceptors (Lipinski definition) is 3. The first-order chi connectivity index (χ1) is 9.08. The minimum Gasteiger partial charge on any atom is -0.481 e. The summed E-state index contributed by atoms with van der Waals surface area (Å²) in [6.07, 6.45) is 0. The van der Waals surface area contributed by atoms with E-state index in [1.165, 1.54) is 5.56 Å². The van der Waals surface area contributed by atoms with E-state index in [1.54, 1.807) is 6.92 Å². The van der Waals surface area contributed by atoms with E-state index in [4.69, 9.17) is 9.84 Å². The van der Waals surface area contributed by atoms with E-state index in [9.17, 15) is 4.79 Å². The Bertz CT molecular complexity index is 430. The smallest absolute Gasteiger partial charge is 0.310 e. The number of hydrogen-bond donors (Lipinski definition) is 1. The predicted octanol–water partition coefficient (Wildman–Crippen LogP) is 2.10. The van der Waals surface area contributed by atoms with Gasteiger partial charge in [-0.3, -0.25) is 9.69 Å². The van der Waals surface area contributed by atoms with Crippen LogP contribution in [0.4, 0.5) is 0 Å². The number of ether oxygens (including phenoxy) is 1. The van der Waals surface area contributed by atoms with Crippen molar-refractivity contribution in [3.05, 3.63) is 35.4 Å². The van der Waals surface area contributed by atoms with Gasteiger partial charge in [0.05, 0.1) is 19.1 Å². The molecule has 0 saturated carbocycles. The van der Waals surface area contributed by atoms with Crippen molar-refractivity contribution in [1.29, 1.82) is 0 Å². The van der Waals surface area contributed by atoms with Crippen LogP contribution in [0.25, 0.3) is 0 Å². The van der Waals surface area contributed by atoms with Crippen LogP contribution in [0.5, 0.6) is 0 Å². The highest BCUT2D eigenvalue weighted by atomic mass is 16.5. The van der Waals surface area contributed by atoms with Gasteiger partial charge in [-0.25, -0.2) is 0 Å². The van der Waals surface area contributed by atoms with E-state index < -0.39 is 11.9 Å². The monoisotopic (exact) mass is 263 g/mol. The maximum absolute atomic E-state index is 10.9. The van der Waals surface area contributed by atoms with E-state index in [-0.39, 0.29) is 0 Å². The molecule has 2 rings (SSSR count). The molecule has 0 bridgehead atoms. The first-order valence-electron chi connectivity index (χ1n) is 6.71.